The van der Waals surface area contributed by atoms with Gasteiger partial charge in [-0.3, -0.25) is 0 Å². The van der Waals surface area contributed by atoms with Crippen molar-refractivity contribution in [1.82, 2.24) is 10.1 Å². The summed E-state index contributed by atoms with van der Waals surface area (Å²) in [5, 5.41) is 3.57. The standard InChI is InChI=1S/C10H8ClFN4O/c11-4-8(13)15-7-3-1-2-6(12)9(7)10-14-5-17-16-10/h1-3,5H,4H2,(H2,13,15). The first-order chi connectivity index (χ1) is 8.22. The SMILES string of the molecule is NC(CCl)=Nc1cccc(F)c1-c1ncon1. The van der Waals surface area contributed by atoms with E-state index in [1.54, 1.807) is 6.07 Å². The number of aromatic nitrogens is 2. The smallest absolute Gasteiger partial charge is 0.214 e. The zero-order chi connectivity index (χ0) is 12.3. The van der Waals surface area contributed by atoms with Crippen molar-refractivity contribution >= 4 is 23.1 Å². The highest BCUT2D eigenvalue weighted by atomic mass is 35.5. The molecule has 0 unspecified atom stereocenters. The molecule has 0 fully saturated rings. The zero-order valence-corrected chi connectivity index (χ0v) is 9.36. The first kappa shape index (κ1) is 11.5. The van der Waals surface area contributed by atoms with E-state index in [1.807, 2.05) is 0 Å². The maximum atomic E-state index is 13.7. The van der Waals surface area contributed by atoms with Crippen molar-refractivity contribution in [1.29, 1.82) is 0 Å². The van der Waals surface area contributed by atoms with Crippen LogP contribution in [0.1, 0.15) is 0 Å². The van der Waals surface area contributed by atoms with E-state index < -0.39 is 5.82 Å². The second kappa shape index (κ2) is 4.92. The van der Waals surface area contributed by atoms with Gasteiger partial charge in [-0.2, -0.15) is 4.98 Å². The minimum absolute atomic E-state index is 0.0577. The van der Waals surface area contributed by atoms with Crippen LogP contribution in [0, 0.1) is 5.82 Å². The van der Waals surface area contributed by atoms with E-state index in [-0.39, 0.29) is 23.1 Å². The van der Waals surface area contributed by atoms with Crippen LogP contribution in [0.25, 0.3) is 11.4 Å². The van der Waals surface area contributed by atoms with E-state index in [1.165, 1.54) is 12.1 Å². The quantitative estimate of drug-likeness (QED) is 0.517. The molecule has 7 heteroatoms. The second-order valence-electron chi connectivity index (χ2n) is 3.13. The van der Waals surface area contributed by atoms with E-state index in [0.29, 0.717) is 5.69 Å². The molecule has 0 aliphatic heterocycles. The fourth-order valence-corrected chi connectivity index (χ4v) is 1.35. The summed E-state index contributed by atoms with van der Waals surface area (Å²) >= 11 is 5.52. The van der Waals surface area contributed by atoms with E-state index in [2.05, 4.69) is 19.7 Å². The lowest BCUT2D eigenvalue weighted by molar-refractivity contribution is 0.418. The lowest BCUT2D eigenvalue weighted by Gasteiger charge is -2.03. The molecule has 88 valence electrons. The van der Waals surface area contributed by atoms with Gasteiger partial charge in [0, 0.05) is 0 Å². The van der Waals surface area contributed by atoms with Gasteiger partial charge in [-0.25, -0.2) is 9.38 Å². The Kier molecular flexibility index (Phi) is 3.34. The van der Waals surface area contributed by atoms with Gasteiger partial charge in [0.15, 0.2) is 0 Å². The zero-order valence-electron chi connectivity index (χ0n) is 8.60. The van der Waals surface area contributed by atoms with Crippen LogP contribution in [0.5, 0.6) is 0 Å². The third-order valence-electron chi connectivity index (χ3n) is 1.98. The Morgan fingerprint density at radius 2 is 2.35 bits per heavy atom. The molecular weight excluding hydrogens is 247 g/mol. The van der Waals surface area contributed by atoms with Crippen molar-refractivity contribution in [2.75, 3.05) is 5.88 Å². The number of nitrogens with two attached hydrogens (primary N) is 1. The van der Waals surface area contributed by atoms with Crippen molar-refractivity contribution in [2.24, 2.45) is 10.7 Å². The number of hydrogen-bond acceptors (Lipinski definition) is 4. The summed E-state index contributed by atoms with van der Waals surface area (Å²) in [5.74, 6) is -0.149. The molecule has 0 saturated carbocycles. The monoisotopic (exact) mass is 254 g/mol. The van der Waals surface area contributed by atoms with E-state index in [0.717, 1.165) is 6.39 Å². The summed E-state index contributed by atoms with van der Waals surface area (Å²) in [7, 11) is 0. The highest BCUT2D eigenvalue weighted by Crippen LogP contribution is 2.30. The number of nitrogens with zero attached hydrogens (tertiary/aromatic N) is 3. The van der Waals surface area contributed by atoms with Crippen LogP contribution in [0.3, 0.4) is 0 Å². The number of alkyl halides is 1. The van der Waals surface area contributed by atoms with Gasteiger partial charge < -0.3 is 10.3 Å². The molecule has 1 heterocycles. The summed E-state index contributed by atoms with van der Waals surface area (Å²) in [6, 6.07) is 4.38. The molecule has 5 nitrogen and oxygen atoms in total. The summed E-state index contributed by atoms with van der Waals surface area (Å²) in [6.45, 7) is 0. The highest BCUT2D eigenvalue weighted by Gasteiger charge is 2.14. The predicted molar refractivity (Wildman–Crippen MR) is 61.7 cm³/mol. The number of amidine groups is 1. The Labute approximate surface area is 101 Å². The highest BCUT2D eigenvalue weighted by molar-refractivity contribution is 6.28. The van der Waals surface area contributed by atoms with Gasteiger partial charge in [-0.15, -0.1) is 11.6 Å². The van der Waals surface area contributed by atoms with Crippen LogP contribution in [0.2, 0.25) is 0 Å². The van der Waals surface area contributed by atoms with Crippen LogP contribution in [-0.4, -0.2) is 21.9 Å². The number of halogens is 2. The predicted octanol–water partition coefficient (Wildman–Crippen LogP) is 2.10. The topological polar surface area (TPSA) is 77.3 Å². The van der Waals surface area contributed by atoms with Crippen molar-refractivity contribution in [2.45, 2.75) is 0 Å². The Bertz CT molecular complexity index is 541. The molecule has 0 radical (unpaired) electrons. The van der Waals surface area contributed by atoms with Gasteiger partial charge in [0.05, 0.1) is 17.1 Å². The first-order valence-corrected chi connectivity index (χ1v) is 5.20. The Morgan fingerprint density at radius 3 is 3.00 bits per heavy atom. The molecule has 0 spiro atoms. The average molecular weight is 255 g/mol. The van der Waals surface area contributed by atoms with Gasteiger partial charge in [-0.05, 0) is 12.1 Å². The Hall–Kier alpha value is -1.95. The van der Waals surface area contributed by atoms with Crippen LogP contribution in [-0.2, 0) is 0 Å². The molecule has 2 N–H and O–H groups in total. The van der Waals surface area contributed by atoms with Gasteiger partial charge in [0.1, 0.15) is 11.7 Å². The molecule has 0 saturated heterocycles. The largest absolute Gasteiger partial charge is 0.386 e. The number of rotatable bonds is 3. The molecule has 1 aromatic carbocycles. The summed E-state index contributed by atoms with van der Waals surface area (Å²) in [6.07, 6.45) is 1.11. The summed E-state index contributed by atoms with van der Waals surface area (Å²) in [4.78, 5) is 7.78. The molecule has 0 aliphatic rings. The number of aliphatic imine (C=N–C) groups is 1. The number of hydrogen-bond donors (Lipinski definition) is 1. The first-order valence-electron chi connectivity index (χ1n) is 4.66. The van der Waals surface area contributed by atoms with Crippen molar-refractivity contribution in [3.63, 3.8) is 0 Å². The molecule has 0 amide bonds. The second-order valence-corrected chi connectivity index (χ2v) is 3.39. The number of benzene rings is 1. The Morgan fingerprint density at radius 1 is 1.53 bits per heavy atom. The van der Waals surface area contributed by atoms with Gasteiger partial charge in [0.25, 0.3) is 0 Å². The third-order valence-corrected chi connectivity index (χ3v) is 2.25. The van der Waals surface area contributed by atoms with Crippen LogP contribution in [0.4, 0.5) is 10.1 Å². The lowest BCUT2D eigenvalue weighted by Crippen LogP contribution is -2.12. The fourth-order valence-electron chi connectivity index (χ4n) is 1.29. The van der Waals surface area contributed by atoms with Gasteiger partial charge >= 0.3 is 0 Å². The molecule has 2 aromatic rings. The van der Waals surface area contributed by atoms with Crippen LogP contribution in [0.15, 0.2) is 34.1 Å². The molecule has 0 atom stereocenters. The molecular formula is C10H8ClFN4O. The van der Waals surface area contributed by atoms with Crippen molar-refractivity contribution in [3.8, 4) is 11.4 Å². The maximum absolute atomic E-state index is 13.7. The molecule has 2 rings (SSSR count). The van der Waals surface area contributed by atoms with E-state index >= 15 is 0 Å². The molecule has 0 aliphatic carbocycles. The van der Waals surface area contributed by atoms with Gasteiger partial charge in [-0.1, -0.05) is 11.2 Å². The van der Waals surface area contributed by atoms with Crippen molar-refractivity contribution in [3.05, 3.63) is 30.4 Å². The lowest BCUT2D eigenvalue weighted by atomic mass is 10.1. The summed E-state index contributed by atoms with van der Waals surface area (Å²) < 4.78 is 18.3. The minimum atomic E-state index is -0.505. The molecule has 0 bridgehead atoms. The maximum Gasteiger partial charge on any atom is 0.214 e. The van der Waals surface area contributed by atoms with Crippen molar-refractivity contribution < 1.29 is 8.91 Å². The van der Waals surface area contributed by atoms with Crippen LogP contribution >= 0.6 is 11.6 Å². The van der Waals surface area contributed by atoms with E-state index in [4.69, 9.17) is 17.3 Å². The minimum Gasteiger partial charge on any atom is -0.386 e. The molecule has 1 aromatic heterocycles. The average Bonchev–Trinajstić information content (AvgIpc) is 2.82. The van der Waals surface area contributed by atoms with Gasteiger partial charge in [0.2, 0.25) is 12.2 Å². The Balaban J connectivity index is 2.57. The molecule has 17 heavy (non-hydrogen) atoms. The third kappa shape index (κ3) is 2.42. The van der Waals surface area contributed by atoms with Crippen LogP contribution < -0.4 is 5.73 Å². The van der Waals surface area contributed by atoms with E-state index in [9.17, 15) is 4.39 Å². The fraction of sp³-hybridized carbons (Fsp3) is 0.100. The normalized spacial score (nSPS) is 11.8. The summed E-state index contributed by atoms with van der Waals surface area (Å²) in [5.41, 5.74) is 5.95.